The van der Waals surface area contributed by atoms with Gasteiger partial charge in [0.15, 0.2) is 0 Å². The van der Waals surface area contributed by atoms with Crippen molar-refractivity contribution in [2.45, 2.75) is 19.9 Å². The van der Waals surface area contributed by atoms with Crippen LogP contribution in [0.15, 0.2) is 46.9 Å². The van der Waals surface area contributed by atoms with Crippen molar-refractivity contribution in [1.82, 2.24) is 0 Å². The second-order valence-electron chi connectivity index (χ2n) is 4.64. The molecule has 0 spiro atoms. The molecule has 20 heavy (non-hydrogen) atoms. The molecule has 0 bridgehead atoms. The van der Waals surface area contributed by atoms with E-state index in [2.05, 4.69) is 21.2 Å². The summed E-state index contributed by atoms with van der Waals surface area (Å²) >= 11 is 3.34. The highest BCUT2D eigenvalue weighted by molar-refractivity contribution is 9.10. The molecule has 1 atom stereocenters. The topological polar surface area (TPSA) is 55.2 Å². The Morgan fingerprint density at radius 2 is 1.95 bits per heavy atom. The fraction of sp³-hybridized carbons (Fsp3) is 0.200. The van der Waals surface area contributed by atoms with Gasteiger partial charge in [0.1, 0.15) is 5.69 Å². The smallest absolute Gasteiger partial charge is 0.292 e. The van der Waals surface area contributed by atoms with Crippen molar-refractivity contribution in [1.29, 1.82) is 0 Å². The summed E-state index contributed by atoms with van der Waals surface area (Å²) in [7, 11) is 0. The summed E-state index contributed by atoms with van der Waals surface area (Å²) < 4.78 is 0.808. The first-order chi connectivity index (χ1) is 9.49. The van der Waals surface area contributed by atoms with Crippen molar-refractivity contribution in [3.05, 3.63) is 68.2 Å². The van der Waals surface area contributed by atoms with Crippen LogP contribution in [0.3, 0.4) is 0 Å². The molecule has 0 aliphatic rings. The van der Waals surface area contributed by atoms with Gasteiger partial charge in [0.2, 0.25) is 0 Å². The highest BCUT2D eigenvalue weighted by Gasteiger charge is 2.16. The molecule has 0 aliphatic carbocycles. The summed E-state index contributed by atoms with van der Waals surface area (Å²) in [5, 5.41) is 14.3. The third kappa shape index (κ3) is 3.17. The second kappa shape index (κ2) is 6.05. The molecule has 104 valence electrons. The van der Waals surface area contributed by atoms with Gasteiger partial charge in [-0.1, -0.05) is 40.2 Å². The molecule has 1 N–H and O–H groups in total. The molecule has 0 aromatic heterocycles. The summed E-state index contributed by atoms with van der Waals surface area (Å²) in [6, 6.07) is 12.9. The molecule has 2 aromatic carbocycles. The summed E-state index contributed by atoms with van der Waals surface area (Å²) in [5.74, 6) is 0. The first-order valence-corrected chi connectivity index (χ1v) is 7.04. The molecule has 0 saturated heterocycles. The lowest BCUT2D eigenvalue weighted by Gasteiger charge is -2.18. The van der Waals surface area contributed by atoms with E-state index in [0.29, 0.717) is 5.69 Å². The fourth-order valence-electron chi connectivity index (χ4n) is 2.17. The van der Waals surface area contributed by atoms with Crippen LogP contribution in [-0.2, 0) is 0 Å². The number of nitro groups is 1. The zero-order valence-electron chi connectivity index (χ0n) is 11.3. The summed E-state index contributed by atoms with van der Waals surface area (Å²) in [6.07, 6.45) is 0. The highest BCUT2D eigenvalue weighted by atomic mass is 79.9. The predicted molar refractivity (Wildman–Crippen MR) is 84.0 cm³/mol. The Balaban J connectivity index is 2.32. The van der Waals surface area contributed by atoms with Crippen LogP contribution in [0.1, 0.15) is 24.1 Å². The molecule has 2 aromatic rings. The van der Waals surface area contributed by atoms with Crippen LogP contribution in [0.4, 0.5) is 11.4 Å². The first kappa shape index (κ1) is 14.5. The highest BCUT2D eigenvalue weighted by Crippen LogP contribution is 2.31. The van der Waals surface area contributed by atoms with E-state index in [9.17, 15) is 10.1 Å². The number of benzene rings is 2. The number of nitrogens with one attached hydrogen (secondary N) is 1. The van der Waals surface area contributed by atoms with Gasteiger partial charge in [0.05, 0.1) is 4.92 Å². The van der Waals surface area contributed by atoms with E-state index >= 15 is 0 Å². The molecule has 4 nitrogen and oxygen atoms in total. The van der Waals surface area contributed by atoms with Crippen LogP contribution in [0.5, 0.6) is 0 Å². The van der Waals surface area contributed by atoms with Crippen LogP contribution in [0, 0.1) is 17.0 Å². The van der Waals surface area contributed by atoms with Gasteiger partial charge in [-0.15, -0.1) is 0 Å². The molecule has 2 rings (SSSR count). The lowest BCUT2D eigenvalue weighted by Crippen LogP contribution is -2.09. The van der Waals surface area contributed by atoms with Crippen LogP contribution in [-0.4, -0.2) is 4.92 Å². The van der Waals surface area contributed by atoms with Gasteiger partial charge in [-0.05, 0) is 37.1 Å². The van der Waals surface area contributed by atoms with E-state index in [1.807, 2.05) is 38.1 Å². The lowest BCUT2D eigenvalue weighted by molar-refractivity contribution is -0.384. The normalized spacial score (nSPS) is 11.9. The molecule has 0 fully saturated rings. The maximum atomic E-state index is 11.1. The maximum absolute atomic E-state index is 11.1. The lowest BCUT2D eigenvalue weighted by atomic mass is 10.0. The van der Waals surface area contributed by atoms with Crippen molar-refractivity contribution in [3.63, 3.8) is 0 Å². The van der Waals surface area contributed by atoms with Gasteiger partial charge in [0, 0.05) is 16.6 Å². The van der Waals surface area contributed by atoms with Crippen LogP contribution in [0.2, 0.25) is 0 Å². The van der Waals surface area contributed by atoms with E-state index in [0.717, 1.165) is 15.6 Å². The average molecular weight is 335 g/mol. The van der Waals surface area contributed by atoms with Crippen molar-refractivity contribution < 1.29 is 4.92 Å². The number of rotatable bonds is 4. The third-order valence-corrected chi connectivity index (χ3v) is 3.68. The molecule has 0 amide bonds. The van der Waals surface area contributed by atoms with Gasteiger partial charge in [-0.2, -0.15) is 0 Å². The molecule has 0 radical (unpaired) electrons. The number of hydrogen-bond donors (Lipinski definition) is 1. The van der Waals surface area contributed by atoms with E-state index in [1.165, 1.54) is 6.07 Å². The minimum atomic E-state index is -0.376. The molecule has 0 heterocycles. The minimum Gasteiger partial charge on any atom is -0.373 e. The Labute approximate surface area is 126 Å². The molecular formula is C15H15BrN2O2. The van der Waals surface area contributed by atoms with Crippen molar-refractivity contribution >= 4 is 27.3 Å². The van der Waals surface area contributed by atoms with Crippen LogP contribution in [0.25, 0.3) is 0 Å². The Hall–Kier alpha value is -1.88. The standard InChI is InChI=1S/C15H15BrN2O2/c1-10-5-3-4-6-13(10)11(2)17-14-9-12(16)7-8-15(14)18(19)20/h3-9,11,17H,1-2H3. The van der Waals surface area contributed by atoms with Crippen LogP contribution >= 0.6 is 15.9 Å². The number of hydrogen-bond acceptors (Lipinski definition) is 3. The SMILES string of the molecule is Cc1ccccc1C(C)Nc1cc(Br)ccc1[N+](=O)[O-]. The van der Waals surface area contributed by atoms with E-state index in [-0.39, 0.29) is 16.7 Å². The average Bonchev–Trinajstić information content (AvgIpc) is 2.38. The number of nitro benzene ring substituents is 1. The minimum absolute atomic E-state index is 0.0100. The zero-order chi connectivity index (χ0) is 14.7. The van der Waals surface area contributed by atoms with Crippen LogP contribution < -0.4 is 5.32 Å². The van der Waals surface area contributed by atoms with Gasteiger partial charge in [0.25, 0.3) is 5.69 Å². The fourth-order valence-corrected chi connectivity index (χ4v) is 2.53. The number of anilines is 1. The Bertz CT molecular complexity index is 644. The quantitative estimate of drug-likeness (QED) is 0.642. The zero-order valence-corrected chi connectivity index (χ0v) is 12.8. The maximum Gasteiger partial charge on any atom is 0.292 e. The Kier molecular flexibility index (Phi) is 4.39. The largest absolute Gasteiger partial charge is 0.373 e. The monoisotopic (exact) mass is 334 g/mol. The summed E-state index contributed by atoms with van der Waals surface area (Å²) in [5.41, 5.74) is 2.88. The Morgan fingerprint density at radius 1 is 1.25 bits per heavy atom. The van der Waals surface area contributed by atoms with Gasteiger partial charge in [-0.25, -0.2) is 0 Å². The molecule has 0 saturated carbocycles. The van der Waals surface area contributed by atoms with Crippen molar-refractivity contribution in [3.8, 4) is 0 Å². The predicted octanol–water partition coefficient (Wildman–Crippen LogP) is 4.84. The first-order valence-electron chi connectivity index (χ1n) is 6.25. The summed E-state index contributed by atoms with van der Waals surface area (Å²) in [4.78, 5) is 10.7. The van der Waals surface area contributed by atoms with E-state index in [4.69, 9.17) is 0 Å². The van der Waals surface area contributed by atoms with E-state index < -0.39 is 0 Å². The van der Waals surface area contributed by atoms with Gasteiger partial charge in [-0.3, -0.25) is 10.1 Å². The number of aryl methyl sites for hydroxylation is 1. The molecular weight excluding hydrogens is 320 g/mol. The third-order valence-electron chi connectivity index (χ3n) is 3.18. The molecule has 5 heteroatoms. The summed E-state index contributed by atoms with van der Waals surface area (Å²) in [6.45, 7) is 4.02. The number of halogens is 1. The number of nitrogens with zero attached hydrogens (tertiary/aromatic N) is 1. The molecule has 1 unspecified atom stereocenters. The molecule has 0 aliphatic heterocycles. The Morgan fingerprint density at radius 3 is 2.60 bits per heavy atom. The van der Waals surface area contributed by atoms with Gasteiger partial charge < -0.3 is 5.32 Å². The second-order valence-corrected chi connectivity index (χ2v) is 5.56. The van der Waals surface area contributed by atoms with E-state index in [1.54, 1.807) is 12.1 Å². The van der Waals surface area contributed by atoms with Crippen molar-refractivity contribution in [2.75, 3.05) is 5.32 Å². The van der Waals surface area contributed by atoms with Gasteiger partial charge >= 0.3 is 0 Å². The van der Waals surface area contributed by atoms with Crippen molar-refractivity contribution in [2.24, 2.45) is 0 Å².